The molecule has 0 atom stereocenters. The van der Waals surface area contributed by atoms with E-state index in [2.05, 4.69) is 16.3 Å². The van der Waals surface area contributed by atoms with Crippen molar-refractivity contribution in [2.75, 3.05) is 0 Å². The molecule has 2 aromatic heterocycles. The third-order valence-corrected chi connectivity index (χ3v) is 2.70. The molecule has 0 aliphatic rings. The summed E-state index contributed by atoms with van der Waals surface area (Å²) in [6.07, 6.45) is 1.43. The molecular weight excluding hydrogens is 230 g/mol. The first-order valence-corrected chi connectivity index (χ1v) is 5.26. The Morgan fingerprint density at radius 1 is 1.28 bits per heavy atom. The monoisotopic (exact) mass is 237 g/mol. The van der Waals surface area contributed by atoms with Crippen LogP contribution in [0.4, 0.5) is 0 Å². The van der Waals surface area contributed by atoms with Crippen LogP contribution in [0.5, 0.6) is 0 Å². The number of nitrogens with one attached hydrogen (secondary N) is 1. The van der Waals surface area contributed by atoms with E-state index in [1.165, 1.54) is 6.26 Å². The van der Waals surface area contributed by atoms with Gasteiger partial charge in [0.15, 0.2) is 5.58 Å². The molecule has 0 aliphatic heterocycles. The summed E-state index contributed by atoms with van der Waals surface area (Å²) in [6.45, 7) is 0. The number of fused-ring (bicyclic) bond motifs is 1. The van der Waals surface area contributed by atoms with E-state index in [0.29, 0.717) is 27.8 Å². The summed E-state index contributed by atoms with van der Waals surface area (Å²) in [7, 11) is 0. The molecule has 0 unspecified atom stereocenters. The third-order valence-electron chi connectivity index (χ3n) is 2.70. The van der Waals surface area contributed by atoms with E-state index in [-0.39, 0.29) is 5.56 Å². The largest absolute Gasteiger partial charge is 0.462 e. The molecule has 0 fully saturated rings. The molecule has 3 aromatic rings. The van der Waals surface area contributed by atoms with E-state index < -0.39 is 0 Å². The lowest BCUT2D eigenvalue weighted by molar-refractivity contribution is 0.614. The zero-order chi connectivity index (χ0) is 12.5. The fraction of sp³-hybridized carbons (Fsp3) is 0. The summed E-state index contributed by atoms with van der Waals surface area (Å²) in [4.78, 5) is 11.5. The fourth-order valence-electron chi connectivity index (χ4n) is 1.86. The highest BCUT2D eigenvalue weighted by Gasteiger charge is 2.14. The van der Waals surface area contributed by atoms with Crippen molar-refractivity contribution in [2.45, 2.75) is 0 Å². The number of nitrogens with zero attached hydrogens (tertiary/aromatic N) is 2. The second kappa shape index (κ2) is 3.86. The van der Waals surface area contributed by atoms with E-state index in [1.54, 1.807) is 30.3 Å². The molecule has 0 spiro atoms. The molecule has 18 heavy (non-hydrogen) atoms. The number of benzene rings is 1. The second-order valence-corrected chi connectivity index (χ2v) is 3.72. The van der Waals surface area contributed by atoms with Crippen molar-refractivity contribution in [1.82, 2.24) is 10.2 Å². The van der Waals surface area contributed by atoms with E-state index in [4.69, 9.17) is 9.68 Å². The van der Waals surface area contributed by atoms with Gasteiger partial charge in [-0.1, -0.05) is 18.2 Å². The van der Waals surface area contributed by atoms with Gasteiger partial charge >= 0.3 is 0 Å². The highest BCUT2D eigenvalue weighted by atomic mass is 16.3. The first-order chi connectivity index (χ1) is 8.81. The number of aromatic amines is 1. The lowest BCUT2D eigenvalue weighted by Crippen LogP contribution is -2.08. The Bertz CT molecular complexity index is 824. The second-order valence-electron chi connectivity index (χ2n) is 3.72. The fourth-order valence-corrected chi connectivity index (χ4v) is 1.86. The summed E-state index contributed by atoms with van der Waals surface area (Å²) in [5, 5.41) is 15.9. The van der Waals surface area contributed by atoms with Gasteiger partial charge in [0, 0.05) is 5.56 Å². The molecule has 3 rings (SSSR count). The summed E-state index contributed by atoms with van der Waals surface area (Å²) in [5.74, 6) is 0. The van der Waals surface area contributed by atoms with Gasteiger partial charge in [0.2, 0.25) is 0 Å². The van der Waals surface area contributed by atoms with Crippen molar-refractivity contribution in [3.8, 4) is 17.3 Å². The van der Waals surface area contributed by atoms with E-state index in [1.807, 2.05) is 0 Å². The van der Waals surface area contributed by atoms with Crippen LogP contribution in [-0.4, -0.2) is 10.2 Å². The average Bonchev–Trinajstić information content (AvgIpc) is 2.89. The quantitative estimate of drug-likeness (QED) is 0.702. The minimum atomic E-state index is -0.308. The van der Waals surface area contributed by atoms with Gasteiger partial charge in [-0.05, 0) is 12.1 Å². The van der Waals surface area contributed by atoms with Crippen LogP contribution in [-0.2, 0) is 0 Å². The maximum absolute atomic E-state index is 11.5. The normalized spacial score (nSPS) is 10.4. The Kier molecular flexibility index (Phi) is 2.21. The van der Waals surface area contributed by atoms with Gasteiger partial charge in [0.1, 0.15) is 5.69 Å². The van der Waals surface area contributed by atoms with Crippen molar-refractivity contribution >= 4 is 11.0 Å². The molecule has 0 radical (unpaired) electrons. The van der Waals surface area contributed by atoms with Crippen LogP contribution in [0.15, 0.2) is 45.8 Å². The molecule has 86 valence electrons. The Balaban J connectivity index is 2.40. The van der Waals surface area contributed by atoms with Crippen LogP contribution in [0.3, 0.4) is 0 Å². The maximum Gasteiger partial charge on any atom is 0.275 e. The number of H-pyrrole nitrogens is 1. The standard InChI is InChI=1S/C13H7N3O2/c14-7-8-3-1-2-4-9(8)11-12-10(5-6-18-12)13(17)16-15-11/h1-6H,(H,16,17). The predicted molar refractivity (Wildman–Crippen MR) is 64.8 cm³/mol. The molecule has 0 amide bonds. The summed E-state index contributed by atoms with van der Waals surface area (Å²) in [5.41, 5.74) is 1.66. The molecule has 2 heterocycles. The van der Waals surface area contributed by atoms with Gasteiger partial charge in [0.05, 0.1) is 23.3 Å². The lowest BCUT2D eigenvalue weighted by atomic mass is 10.0. The smallest absolute Gasteiger partial charge is 0.275 e. The van der Waals surface area contributed by atoms with Crippen LogP contribution in [0.2, 0.25) is 0 Å². The topological polar surface area (TPSA) is 82.7 Å². The predicted octanol–water partition coefficient (Wildman–Crippen LogP) is 2.05. The molecule has 0 saturated heterocycles. The maximum atomic E-state index is 11.5. The molecule has 0 bridgehead atoms. The van der Waals surface area contributed by atoms with Crippen LogP contribution in [0, 0.1) is 11.3 Å². The van der Waals surface area contributed by atoms with Crippen molar-refractivity contribution in [1.29, 1.82) is 5.26 Å². The SMILES string of the molecule is N#Cc1ccccc1-c1n[nH]c(=O)c2ccoc12. The number of nitriles is 1. The highest BCUT2D eigenvalue weighted by molar-refractivity contribution is 5.90. The number of rotatable bonds is 1. The summed E-state index contributed by atoms with van der Waals surface area (Å²) >= 11 is 0. The minimum Gasteiger partial charge on any atom is -0.462 e. The van der Waals surface area contributed by atoms with Gasteiger partial charge in [-0.15, -0.1) is 0 Å². The number of hydrogen-bond acceptors (Lipinski definition) is 4. The van der Waals surface area contributed by atoms with Crippen molar-refractivity contribution in [3.05, 3.63) is 52.5 Å². The van der Waals surface area contributed by atoms with Gasteiger partial charge < -0.3 is 4.42 Å². The molecule has 5 heteroatoms. The zero-order valence-electron chi connectivity index (χ0n) is 9.18. The van der Waals surface area contributed by atoms with E-state index >= 15 is 0 Å². The Hall–Kier alpha value is -2.87. The third kappa shape index (κ3) is 1.40. The first-order valence-electron chi connectivity index (χ1n) is 5.26. The van der Waals surface area contributed by atoms with Crippen LogP contribution < -0.4 is 5.56 Å². The summed E-state index contributed by atoms with van der Waals surface area (Å²) < 4.78 is 5.29. The van der Waals surface area contributed by atoms with Crippen molar-refractivity contribution in [2.24, 2.45) is 0 Å². The minimum absolute atomic E-state index is 0.308. The van der Waals surface area contributed by atoms with Gasteiger partial charge in [-0.25, -0.2) is 5.10 Å². The number of furan rings is 1. The summed E-state index contributed by atoms with van der Waals surface area (Å²) in [6, 6.07) is 10.7. The molecule has 1 aromatic carbocycles. The van der Waals surface area contributed by atoms with Gasteiger partial charge in [0.25, 0.3) is 5.56 Å². The Morgan fingerprint density at radius 3 is 2.94 bits per heavy atom. The number of aromatic nitrogens is 2. The first kappa shape index (κ1) is 10.3. The van der Waals surface area contributed by atoms with Crippen molar-refractivity contribution in [3.63, 3.8) is 0 Å². The number of hydrogen-bond donors (Lipinski definition) is 1. The van der Waals surface area contributed by atoms with Gasteiger partial charge in [-0.2, -0.15) is 10.4 Å². The zero-order valence-corrected chi connectivity index (χ0v) is 9.18. The molecule has 5 nitrogen and oxygen atoms in total. The lowest BCUT2D eigenvalue weighted by Gasteiger charge is -2.02. The molecule has 0 aliphatic carbocycles. The Morgan fingerprint density at radius 2 is 2.11 bits per heavy atom. The van der Waals surface area contributed by atoms with Crippen LogP contribution >= 0.6 is 0 Å². The van der Waals surface area contributed by atoms with Crippen LogP contribution in [0.25, 0.3) is 22.2 Å². The average molecular weight is 237 g/mol. The van der Waals surface area contributed by atoms with Crippen molar-refractivity contribution < 1.29 is 4.42 Å². The van der Waals surface area contributed by atoms with Gasteiger partial charge in [-0.3, -0.25) is 4.79 Å². The molecule has 0 saturated carbocycles. The van der Waals surface area contributed by atoms with Crippen LogP contribution in [0.1, 0.15) is 5.56 Å². The Labute approximate surface area is 101 Å². The highest BCUT2D eigenvalue weighted by Crippen LogP contribution is 2.27. The molecular formula is C13H7N3O2. The van der Waals surface area contributed by atoms with E-state index in [9.17, 15) is 4.79 Å². The van der Waals surface area contributed by atoms with E-state index in [0.717, 1.165) is 0 Å². The molecule has 1 N–H and O–H groups in total.